The summed E-state index contributed by atoms with van der Waals surface area (Å²) in [7, 11) is 0.194. The lowest BCUT2D eigenvalue weighted by atomic mass is 10.1. The standard InChI is InChI=1S/C21H22N4O5S/c1-14-9-11-15(12-10-14)31(28,29)25(3)20-17(13-22-24(20)2)19(26)23-18-8-6-5-7-16(18)21(27)30-4/h5-13H,1-4H3,(H,23,26). The number of rotatable bonds is 6. The molecule has 0 atom stereocenters. The van der Waals surface area contributed by atoms with Gasteiger partial charge in [-0.05, 0) is 31.2 Å². The van der Waals surface area contributed by atoms with Gasteiger partial charge in [-0.3, -0.25) is 13.8 Å². The summed E-state index contributed by atoms with van der Waals surface area (Å²) in [6.07, 6.45) is 1.27. The Hall–Kier alpha value is -3.66. The zero-order chi connectivity index (χ0) is 22.8. The molecule has 0 spiro atoms. The zero-order valence-electron chi connectivity index (χ0n) is 17.5. The minimum Gasteiger partial charge on any atom is -0.465 e. The zero-order valence-corrected chi connectivity index (χ0v) is 18.3. The molecule has 3 aromatic rings. The average Bonchev–Trinajstić information content (AvgIpc) is 3.14. The molecular weight excluding hydrogens is 420 g/mol. The maximum atomic E-state index is 13.1. The molecule has 0 aliphatic heterocycles. The third-order valence-corrected chi connectivity index (χ3v) is 6.47. The van der Waals surface area contributed by atoms with Crippen molar-refractivity contribution in [3.05, 3.63) is 71.4 Å². The molecule has 1 amide bonds. The molecule has 1 N–H and O–H groups in total. The number of carbonyl (C=O) groups is 2. The molecule has 9 nitrogen and oxygen atoms in total. The van der Waals surface area contributed by atoms with Crippen LogP contribution in [0.4, 0.5) is 11.5 Å². The highest BCUT2D eigenvalue weighted by atomic mass is 32.2. The summed E-state index contributed by atoms with van der Waals surface area (Å²) in [5.41, 5.74) is 1.36. The smallest absolute Gasteiger partial charge is 0.339 e. The second kappa shape index (κ2) is 8.60. The van der Waals surface area contributed by atoms with E-state index >= 15 is 0 Å². The first-order chi connectivity index (χ1) is 14.7. The number of aromatic nitrogens is 2. The second-order valence-electron chi connectivity index (χ2n) is 6.78. The number of nitrogens with zero attached hydrogens (tertiary/aromatic N) is 3. The number of carbonyl (C=O) groups excluding carboxylic acids is 2. The van der Waals surface area contributed by atoms with Crippen LogP contribution in [0.2, 0.25) is 0 Å². The molecule has 0 radical (unpaired) electrons. The topological polar surface area (TPSA) is 111 Å². The van der Waals surface area contributed by atoms with Gasteiger partial charge in [0.2, 0.25) is 0 Å². The number of methoxy groups -OCH3 is 1. The molecule has 0 fully saturated rings. The van der Waals surface area contributed by atoms with Gasteiger partial charge in [-0.2, -0.15) is 5.10 Å². The van der Waals surface area contributed by atoms with Crippen LogP contribution in [0.3, 0.4) is 0 Å². The van der Waals surface area contributed by atoms with Crippen LogP contribution >= 0.6 is 0 Å². The van der Waals surface area contributed by atoms with Crippen LogP contribution in [-0.2, 0) is 21.8 Å². The van der Waals surface area contributed by atoms with Gasteiger partial charge in [-0.15, -0.1) is 0 Å². The van der Waals surface area contributed by atoms with Crippen molar-refractivity contribution in [3.8, 4) is 0 Å². The SMILES string of the molecule is COC(=O)c1ccccc1NC(=O)c1cnn(C)c1N(C)S(=O)(=O)c1ccc(C)cc1. The normalized spacial score (nSPS) is 11.1. The van der Waals surface area contributed by atoms with Crippen LogP contribution in [0.15, 0.2) is 59.6 Å². The molecule has 0 saturated heterocycles. The van der Waals surface area contributed by atoms with Gasteiger partial charge in [0.25, 0.3) is 15.9 Å². The van der Waals surface area contributed by atoms with Crippen molar-refractivity contribution in [2.45, 2.75) is 11.8 Å². The van der Waals surface area contributed by atoms with Gasteiger partial charge < -0.3 is 10.1 Å². The van der Waals surface area contributed by atoms with Crippen molar-refractivity contribution in [2.24, 2.45) is 7.05 Å². The summed E-state index contributed by atoms with van der Waals surface area (Å²) in [5.74, 6) is -1.15. The van der Waals surface area contributed by atoms with Crippen LogP contribution < -0.4 is 9.62 Å². The lowest BCUT2D eigenvalue weighted by molar-refractivity contribution is 0.0602. The van der Waals surface area contributed by atoms with Gasteiger partial charge in [-0.1, -0.05) is 29.8 Å². The molecule has 1 aromatic heterocycles. The molecular formula is C21H22N4O5S. The Kier molecular flexibility index (Phi) is 6.11. The second-order valence-corrected chi connectivity index (χ2v) is 8.75. The first kappa shape index (κ1) is 22.0. The van der Waals surface area contributed by atoms with E-state index in [1.54, 1.807) is 30.3 Å². The van der Waals surface area contributed by atoms with E-state index in [2.05, 4.69) is 10.4 Å². The van der Waals surface area contributed by atoms with E-state index in [0.717, 1.165) is 9.87 Å². The monoisotopic (exact) mass is 442 g/mol. The van der Waals surface area contributed by atoms with Crippen LogP contribution in [0, 0.1) is 6.92 Å². The highest BCUT2D eigenvalue weighted by Crippen LogP contribution is 2.27. The lowest BCUT2D eigenvalue weighted by Gasteiger charge is -2.21. The quantitative estimate of drug-likeness (QED) is 0.588. The van der Waals surface area contributed by atoms with Crippen LogP contribution in [0.25, 0.3) is 0 Å². The Morgan fingerprint density at radius 2 is 1.71 bits per heavy atom. The first-order valence-corrected chi connectivity index (χ1v) is 10.7. The molecule has 3 rings (SSSR count). The number of aryl methyl sites for hydroxylation is 2. The summed E-state index contributed by atoms with van der Waals surface area (Å²) >= 11 is 0. The molecule has 162 valence electrons. The van der Waals surface area contributed by atoms with Crippen molar-refractivity contribution in [3.63, 3.8) is 0 Å². The van der Waals surface area contributed by atoms with Gasteiger partial charge in [0.1, 0.15) is 5.56 Å². The predicted molar refractivity (Wildman–Crippen MR) is 116 cm³/mol. The molecule has 31 heavy (non-hydrogen) atoms. The highest BCUT2D eigenvalue weighted by Gasteiger charge is 2.29. The molecule has 10 heteroatoms. The number of benzene rings is 2. The number of esters is 1. The molecule has 0 aliphatic carbocycles. The number of ether oxygens (including phenoxy) is 1. The molecule has 0 aliphatic rings. The average molecular weight is 442 g/mol. The summed E-state index contributed by atoms with van der Waals surface area (Å²) in [6.45, 7) is 1.86. The summed E-state index contributed by atoms with van der Waals surface area (Å²) in [6, 6.07) is 12.8. The fourth-order valence-electron chi connectivity index (χ4n) is 3.02. The molecule has 0 saturated carbocycles. The minimum absolute atomic E-state index is 0.0281. The molecule has 0 unspecified atom stereocenters. The Bertz CT molecular complexity index is 1230. The fraction of sp³-hybridized carbons (Fsp3) is 0.190. The van der Waals surface area contributed by atoms with Crippen molar-refractivity contribution in [1.82, 2.24) is 9.78 Å². The molecule has 1 heterocycles. The van der Waals surface area contributed by atoms with Gasteiger partial charge in [-0.25, -0.2) is 13.2 Å². The van der Waals surface area contributed by atoms with Crippen LogP contribution in [0.5, 0.6) is 0 Å². The summed E-state index contributed by atoms with van der Waals surface area (Å²) < 4.78 is 33.2. The molecule has 0 bridgehead atoms. The Balaban J connectivity index is 1.97. The number of para-hydroxylation sites is 1. The van der Waals surface area contributed by atoms with E-state index in [-0.39, 0.29) is 27.5 Å². The number of anilines is 2. The van der Waals surface area contributed by atoms with Crippen LogP contribution in [0.1, 0.15) is 26.3 Å². The maximum Gasteiger partial charge on any atom is 0.339 e. The van der Waals surface area contributed by atoms with Crippen molar-refractivity contribution in [2.75, 3.05) is 23.8 Å². The highest BCUT2D eigenvalue weighted by molar-refractivity contribution is 7.92. The van der Waals surface area contributed by atoms with Gasteiger partial charge in [0, 0.05) is 14.1 Å². The fourth-order valence-corrected chi connectivity index (χ4v) is 4.26. The Labute approximate surface area is 180 Å². The third kappa shape index (κ3) is 4.29. The van der Waals surface area contributed by atoms with Crippen LogP contribution in [-0.4, -0.2) is 44.2 Å². The number of hydrogen-bond donors (Lipinski definition) is 1. The third-order valence-electron chi connectivity index (χ3n) is 4.71. The number of sulfonamides is 1. The van der Waals surface area contributed by atoms with E-state index < -0.39 is 21.9 Å². The van der Waals surface area contributed by atoms with Crippen molar-refractivity contribution < 1.29 is 22.7 Å². The lowest BCUT2D eigenvalue weighted by Crippen LogP contribution is -2.30. The van der Waals surface area contributed by atoms with Gasteiger partial charge in [0.05, 0.1) is 29.5 Å². The predicted octanol–water partition coefficient (Wildman–Crippen LogP) is 2.59. The number of amides is 1. The van der Waals surface area contributed by atoms with E-state index in [1.807, 2.05) is 6.92 Å². The largest absolute Gasteiger partial charge is 0.465 e. The van der Waals surface area contributed by atoms with Crippen molar-refractivity contribution >= 4 is 33.4 Å². The Morgan fingerprint density at radius 1 is 1.06 bits per heavy atom. The first-order valence-electron chi connectivity index (χ1n) is 9.23. The molecule has 2 aromatic carbocycles. The van der Waals surface area contributed by atoms with Gasteiger partial charge in [0.15, 0.2) is 5.82 Å². The Morgan fingerprint density at radius 3 is 2.35 bits per heavy atom. The van der Waals surface area contributed by atoms with E-state index in [9.17, 15) is 18.0 Å². The summed E-state index contributed by atoms with van der Waals surface area (Å²) in [4.78, 5) is 25.0. The van der Waals surface area contributed by atoms with Gasteiger partial charge >= 0.3 is 5.97 Å². The van der Waals surface area contributed by atoms with E-state index in [4.69, 9.17) is 4.74 Å². The van der Waals surface area contributed by atoms with Crippen molar-refractivity contribution in [1.29, 1.82) is 0 Å². The van der Waals surface area contributed by atoms with E-state index in [0.29, 0.717) is 0 Å². The number of nitrogens with one attached hydrogen (secondary N) is 1. The van der Waals surface area contributed by atoms with E-state index in [1.165, 1.54) is 50.3 Å². The summed E-state index contributed by atoms with van der Waals surface area (Å²) in [5, 5.41) is 6.69. The minimum atomic E-state index is -3.94. The number of hydrogen-bond acceptors (Lipinski definition) is 6. The maximum absolute atomic E-state index is 13.1.